The Morgan fingerprint density at radius 3 is 2.64 bits per heavy atom. The SMILES string of the molecule is Cc1ccsc1CN(C)C(=O)CN1C(=O)N[C@@](C)(c2cc(F)ccc2F)C1=O. The van der Waals surface area contributed by atoms with Crippen LogP contribution < -0.4 is 5.32 Å². The molecule has 1 saturated heterocycles. The molecule has 9 heteroatoms. The summed E-state index contributed by atoms with van der Waals surface area (Å²) in [6.45, 7) is 3.08. The average Bonchev–Trinajstić information content (AvgIpc) is 3.13. The van der Waals surface area contributed by atoms with Crippen molar-refractivity contribution in [2.75, 3.05) is 13.6 Å². The molecule has 0 radical (unpaired) electrons. The normalized spacial score (nSPS) is 19.1. The molecule has 1 fully saturated rings. The molecule has 1 aromatic carbocycles. The van der Waals surface area contributed by atoms with Crippen LogP contribution in [0, 0.1) is 18.6 Å². The molecule has 0 unspecified atom stereocenters. The highest BCUT2D eigenvalue weighted by molar-refractivity contribution is 7.10. The number of benzene rings is 1. The van der Waals surface area contributed by atoms with Gasteiger partial charge < -0.3 is 10.2 Å². The van der Waals surface area contributed by atoms with Crippen molar-refractivity contribution in [3.05, 3.63) is 57.3 Å². The maximum atomic E-state index is 14.2. The van der Waals surface area contributed by atoms with Gasteiger partial charge in [0.1, 0.15) is 23.7 Å². The molecular weight excluding hydrogens is 388 g/mol. The van der Waals surface area contributed by atoms with Crippen molar-refractivity contribution in [3.8, 4) is 0 Å². The first-order valence-corrected chi connectivity index (χ1v) is 9.38. The molecule has 0 aliphatic carbocycles. The fourth-order valence-electron chi connectivity index (χ4n) is 3.03. The number of carbonyl (C=O) groups excluding carboxylic acids is 3. The van der Waals surface area contributed by atoms with Crippen LogP contribution >= 0.6 is 11.3 Å². The van der Waals surface area contributed by atoms with Gasteiger partial charge in [0.2, 0.25) is 5.91 Å². The fraction of sp³-hybridized carbons (Fsp3) is 0.316. The van der Waals surface area contributed by atoms with E-state index in [4.69, 9.17) is 0 Å². The molecule has 4 amide bonds. The summed E-state index contributed by atoms with van der Waals surface area (Å²) in [5.74, 6) is -2.81. The molecule has 1 aliphatic heterocycles. The number of amides is 4. The molecule has 1 aliphatic rings. The Kier molecular flexibility index (Phi) is 5.20. The van der Waals surface area contributed by atoms with Gasteiger partial charge in [-0.05, 0) is 49.1 Å². The van der Waals surface area contributed by atoms with Crippen LogP contribution in [0.4, 0.5) is 13.6 Å². The van der Waals surface area contributed by atoms with Gasteiger partial charge in [0, 0.05) is 17.5 Å². The molecule has 0 bridgehead atoms. The van der Waals surface area contributed by atoms with E-state index < -0.39 is 41.6 Å². The summed E-state index contributed by atoms with van der Waals surface area (Å²) in [7, 11) is 1.57. The lowest BCUT2D eigenvalue weighted by atomic mass is 9.91. The second-order valence-electron chi connectivity index (χ2n) is 6.85. The number of aryl methyl sites for hydroxylation is 1. The average molecular weight is 407 g/mol. The number of rotatable bonds is 5. The Labute approximate surface area is 164 Å². The third kappa shape index (κ3) is 3.49. The zero-order valence-corrected chi connectivity index (χ0v) is 16.4. The van der Waals surface area contributed by atoms with Gasteiger partial charge >= 0.3 is 6.03 Å². The molecule has 2 heterocycles. The maximum Gasteiger partial charge on any atom is 0.325 e. The van der Waals surface area contributed by atoms with E-state index in [1.54, 1.807) is 7.05 Å². The molecular formula is C19H19F2N3O3S. The standard InChI is InChI=1S/C19H19F2N3O3S/c1-11-6-7-28-15(11)9-23(3)16(25)10-24-17(26)19(2,22-18(24)27)13-8-12(20)4-5-14(13)21/h4-8H,9-10H2,1-3H3,(H,22,27)/t19-/m0/s1. The lowest BCUT2D eigenvalue weighted by Gasteiger charge is -2.23. The van der Waals surface area contributed by atoms with Crippen molar-refractivity contribution in [3.63, 3.8) is 0 Å². The van der Waals surface area contributed by atoms with E-state index in [-0.39, 0.29) is 5.56 Å². The van der Waals surface area contributed by atoms with Crippen molar-refractivity contribution in [1.29, 1.82) is 0 Å². The van der Waals surface area contributed by atoms with Crippen LogP contribution in [0.3, 0.4) is 0 Å². The number of likely N-dealkylation sites (N-methyl/N-ethyl adjacent to an activating group) is 1. The number of thiophene rings is 1. The number of nitrogens with zero attached hydrogens (tertiary/aromatic N) is 2. The lowest BCUT2D eigenvalue weighted by molar-refractivity contribution is -0.138. The second-order valence-corrected chi connectivity index (χ2v) is 7.85. The lowest BCUT2D eigenvalue weighted by Crippen LogP contribution is -2.44. The maximum absolute atomic E-state index is 14.2. The third-order valence-corrected chi connectivity index (χ3v) is 5.82. The van der Waals surface area contributed by atoms with Crippen LogP contribution in [0.5, 0.6) is 0 Å². The first-order chi connectivity index (χ1) is 13.1. The minimum atomic E-state index is -1.79. The number of nitrogens with one attached hydrogen (secondary N) is 1. The van der Waals surface area contributed by atoms with E-state index in [0.717, 1.165) is 33.5 Å². The summed E-state index contributed by atoms with van der Waals surface area (Å²) >= 11 is 1.51. The number of urea groups is 1. The summed E-state index contributed by atoms with van der Waals surface area (Å²) in [6.07, 6.45) is 0. The summed E-state index contributed by atoms with van der Waals surface area (Å²) in [5.41, 5.74) is -1.02. The Bertz CT molecular complexity index is 962. The molecule has 0 saturated carbocycles. The minimum Gasteiger partial charge on any atom is -0.339 e. The second kappa shape index (κ2) is 7.31. The zero-order chi connectivity index (χ0) is 20.6. The summed E-state index contributed by atoms with van der Waals surface area (Å²) in [5, 5.41) is 4.29. The summed E-state index contributed by atoms with van der Waals surface area (Å²) in [6, 6.07) is 3.79. The summed E-state index contributed by atoms with van der Waals surface area (Å²) < 4.78 is 27.7. The van der Waals surface area contributed by atoms with Crippen LogP contribution in [0.15, 0.2) is 29.6 Å². The number of carbonyl (C=O) groups is 3. The van der Waals surface area contributed by atoms with E-state index in [2.05, 4.69) is 5.32 Å². The van der Waals surface area contributed by atoms with E-state index in [9.17, 15) is 23.2 Å². The van der Waals surface area contributed by atoms with Crippen LogP contribution in [0.25, 0.3) is 0 Å². The van der Waals surface area contributed by atoms with Crippen LogP contribution in [0.1, 0.15) is 22.9 Å². The first-order valence-electron chi connectivity index (χ1n) is 8.50. The van der Waals surface area contributed by atoms with Gasteiger partial charge in [-0.15, -0.1) is 11.3 Å². The minimum absolute atomic E-state index is 0.289. The monoisotopic (exact) mass is 407 g/mol. The number of halogens is 2. The van der Waals surface area contributed by atoms with Crippen molar-refractivity contribution >= 4 is 29.2 Å². The molecule has 1 atom stereocenters. The fourth-order valence-corrected chi connectivity index (χ4v) is 3.99. The molecule has 28 heavy (non-hydrogen) atoms. The first kappa shape index (κ1) is 19.9. The highest BCUT2D eigenvalue weighted by atomic mass is 32.1. The molecule has 3 rings (SSSR count). The van der Waals surface area contributed by atoms with Gasteiger partial charge in [0.15, 0.2) is 0 Å². The smallest absolute Gasteiger partial charge is 0.325 e. The van der Waals surface area contributed by atoms with Gasteiger partial charge in [0.05, 0.1) is 6.54 Å². The Hall–Kier alpha value is -2.81. The predicted molar refractivity (Wildman–Crippen MR) is 99.5 cm³/mol. The Morgan fingerprint density at radius 1 is 1.29 bits per heavy atom. The van der Waals surface area contributed by atoms with Crippen LogP contribution in [0.2, 0.25) is 0 Å². The van der Waals surface area contributed by atoms with E-state index in [1.165, 1.54) is 23.2 Å². The van der Waals surface area contributed by atoms with Crippen molar-refractivity contribution in [2.45, 2.75) is 25.9 Å². The zero-order valence-electron chi connectivity index (χ0n) is 15.6. The predicted octanol–water partition coefficient (Wildman–Crippen LogP) is 2.76. The van der Waals surface area contributed by atoms with Crippen LogP contribution in [-0.2, 0) is 21.7 Å². The van der Waals surface area contributed by atoms with Crippen LogP contribution in [-0.4, -0.2) is 41.2 Å². The highest BCUT2D eigenvalue weighted by Crippen LogP contribution is 2.31. The topological polar surface area (TPSA) is 69.7 Å². The quantitative estimate of drug-likeness (QED) is 0.775. The van der Waals surface area contributed by atoms with Gasteiger partial charge in [0.25, 0.3) is 5.91 Å². The summed E-state index contributed by atoms with van der Waals surface area (Å²) in [4.78, 5) is 40.8. The number of hydrogen-bond donors (Lipinski definition) is 1. The van der Waals surface area contributed by atoms with E-state index >= 15 is 0 Å². The van der Waals surface area contributed by atoms with Gasteiger partial charge in [-0.2, -0.15) is 0 Å². The van der Waals surface area contributed by atoms with Gasteiger partial charge in [-0.25, -0.2) is 13.6 Å². The molecule has 1 N–H and O–H groups in total. The van der Waals surface area contributed by atoms with E-state index in [1.807, 2.05) is 18.4 Å². The van der Waals surface area contributed by atoms with E-state index in [0.29, 0.717) is 6.54 Å². The molecule has 1 aromatic heterocycles. The molecule has 2 aromatic rings. The Morgan fingerprint density at radius 2 is 2.00 bits per heavy atom. The Balaban J connectivity index is 1.77. The van der Waals surface area contributed by atoms with Gasteiger partial charge in [-0.3, -0.25) is 14.5 Å². The third-order valence-electron chi connectivity index (χ3n) is 4.81. The van der Waals surface area contributed by atoms with Crippen molar-refractivity contribution in [1.82, 2.24) is 15.1 Å². The highest BCUT2D eigenvalue weighted by Gasteiger charge is 2.51. The van der Waals surface area contributed by atoms with Gasteiger partial charge in [-0.1, -0.05) is 0 Å². The van der Waals surface area contributed by atoms with Crippen molar-refractivity contribution < 1.29 is 23.2 Å². The number of hydrogen-bond acceptors (Lipinski definition) is 4. The molecule has 0 spiro atoms. The largest absolute Gasteiger partial charge is 0.339 e. The molecule has 148 valence electrons. The molecule has 6 nitrogen and oxygen atoms in total. The number of imide groups is 1. The van der Waals surface area contributed by atoms with Crippen molar-refractivity contribution in [2.24, 2.45) is 0 Å².